The summed E-state index contributed by atoms with van der Waals surface area (Å²) in [4.78, 5) is 28.3. The van der Waals surface area contributed by atoms with Gasteiger partial charge in [-0.1, -0.05) is 35.9 Å². The van der Waals surface area contributed by atoms with Crippen molar-refractivity contribution in [2.24, 2.45) is 0 Å². The second-order valence-corrected chi connectivity index (χ2v) is 12.1. The van der Waals surface area contributed by atoms with Gasteiger partial charge in [-0.05, 0) is 75.2 Å². The summed E-state index contributed by atoms with van der Waals surface area (Å²) >= 11 is 6.08. The van der Waals surface area contributed by atoms with Crippen molar-refractivity contribution >= 4 is 39.1 Å². The van der Waals surface area contributed by atoms with Gasteiger partial charge in [-0.15, -0.1) is 0 Å². The average molecular weight is 602 g/mol. The summed E-state index contributed by atoms with van der Waals surface area (Å²) in [5.74, 6) is -0.326. The van der Waals surface area contributed by atoms with E-state index in [1.807, 2.05) is 45.0 Å². The minimum Gasteiger partial charge on any atom is -0.493 e. The topological polar surface area (TPSA) is 105 Å². The highest BCUT2D eigenvalue weighted by Crippen LogP contribution is 2.32. The second-order valence-electron chi connectivity index (χ2n) is 9.79. The molecule has 1 atom stereocenters. The minimum atomic E-state index is -4.29. The number of anilines is 1. The molecule has 0 aliphatic rings. The lowest BCUT2D eigenvalue weighted by Gasteiger charge is -2.32. The fraction of sp³-hybridized carbons (Fsp3) is 0.333. The van der Waals surface area contributed by atoms with Crippen molar-refractivity contribution < 1.29 is 27.5 Å². The smallest absolute Gasteiger partial charge is 0.264 e. The van der Waals surface area contributed by atoms with E-state index in [0.29, 0.717) is 10.8 Å². The quantitative estimate of drug-likeness (QED) is 0.320. The molecule has 11 heteroatoms. The molecule has 2 amide bonds. The van der Waals surface area contributed by atoms with Crippen molar-refractivity contribution in [3.05, 3.63) is 82.9 Å². The van der Waals surface area contributed by atoms with Crippen molar-refractivity contribution in [2.45, 2.75) is 51.2 Å². The van der Waals surface area contributed by atoms with E-state index < -0.39 is 28.5 Å². The Kier molecular flexibility index (Phi) is 10.6. The van der Waals surface area contributed by atoms with Crippen molar-refractivity contribution in [3.63, 3.8) is 0 Å². The standard InChI is InChI=1S/C30H36ClN3O6S/c1-20(2)32-30(36)22(4)33(18-23-10-8-7-9-21(23)3)29(35)19-34(25-13-11-24(31)12-14-25)41(37,38)26-15-16-27(39-5)28(17-26)40-6/h7-17,20,22H,18-19H2,1-6H3,(H,32,36)/t22-/m1/s1. The normalized spacial score (nSPS) is 12.0. The first kappa shape index (κ1) is 31.8. The summed E-state index contributed by atoms with van der Waals surface area (Å²) in [5, 5.41) is 3.25. The third kappa shape index (κ3) is 7.71. The molecule has 3 aromatic rings. The molecule has 3 rings (SSSR count). The zero-order valence-electron chi connectivity index (χ0n) is 24.0. The molecule has 0 aliphatic carbocycles. The number of carbonyl (C=O) groups is 2. The van der Waals surface area contributed by atoms with Gasteiger partial charge in [0.05, 0.1) is 24.8 Å². The van der Waals surface area contributed by atoms with Crippen LogP contribution in [0.15, 0.2) is 71.6 Å². The van der Waals surface area contributed by atoms with Crippen LogP contribution in [-0.2, 0) is 26.2 Å². The molecular weight excluding hydrogens is 566 g/mol. The average Bonchev–Trinajstić information content (AvgIpc) is 2.94. The van der Waals surface area contributed by atoms with Crippen molar-refractivity contribution in [1.29, 1.82) is 0 Å². The van der Waals surface area contributed by atoms with Crippen LogP contribution in [0.2, 0.25) is 5.02 Å². The Morgan fingerprint density at radius 3 is 2.15 bits per heavy atom. The van der Waals surface area contributed by atoms with Crippen LogP contribution in [0.1, 0.15) is 31.9 Å². The fourth-order valence-corrected chi connectivity index (χ4v) is 5.76. The highest BCUT2D eigenvalue weighted by Gasteiger charge is 2.33. The van der Waals surface area contributed by atoms with Crippen LogP contribution >= 0.6 is 11.6 Å². The second kappa shape index (κ2) is 13.7. The molecule has 0 radical (unpaired) electrons. The number of methoxy groups -OCH3 is 2. The van der Waals surface area contributed by atoms with Gasteiger partial charge in [0.15, 0.2) is 11.5 Å². The van der Waals surface area contributed by atoms with E-state index in [-0.39, 0.29) is 34.8 Å². The number of nitrogens with zero attached hydrogens (tertiary/aromatic N) is 2. The molecule has 0 aliphatic heterocycles. The van der Waals surface area contributed by atoms with E-state index in [9.17, 15) is 18.0 Å². The third-order valence-electron chi connectivity index (χ3n) is 6.54. The number of aryl methyl sites for hydroxylation is 1. The predicted octanol–water partition coefficient (Wildman–Crippen LogP) is 4.80. The maximum absolute atomic E-state index is 14.1. The summed E-state index contributed by atoms with van der Waals surface area (Å²) in [6, 6.07) is 16.8. The third-order valence-corrected chi connectivity index (χ3v) is 8.56. The summed E-state index contributed by atoms with van der Waals surface area (Å²) in [6.07, 6.45) is 0. The largest absolute Gasteiger partial charge is 0.493 e. The molecule has 220 valence electrons. The number of nitrogens with one attached hydrogen (secondary N) is 1. The van der Waals surface area contributed by atoms with Crippen molar-refractivity contribution in [1.82, 2.24) is 10.2 Å². The highest BCUT2D eigenvalue weighted by molar-refractivity contribution is 7.92. The van der Waals surface area contributed by atoms with Gasteiger partial charge >= 0.3 is 0 Å². The van der Waals surface area contributed by atoms with Gasteiger partial charge in [0.1, 0.15) is 12.6 Å². The number of benzene rings is 3. The Bertz CT molecular complexity index is 1480. The van der Waals surface area contributed by atoms with E-state index in [1.165, 1.54) is 49.5 Å². The number of amides is 2. The van der Waals surface area contributed by atoms with Gasteiger partial charge < -0.3 is 19.7 Å². The van der Waals surface area contributed by atoms with Crippen molar-refractivity contribution in [3.8, 4) is 11.5 Å². The lowest BCUT2D eigenvalue weighted by Crippen LogP contribution is -2.52. The minimum absolute atomic E-state index is 0.103. The lowest BCUT2D eigenvalue weighted by molar-refractivity contribution is -0.139. The lowest BCUT2D eigenvalue weighted by atomic mass is 10.1. The Hall–Kier alpha value is -3.76. The molecule has 3 aromatic carbocycles. The van der Waals surface area contributed by atoms with E-state index in [2.05, 4.69) is 5.32 Å². The number of hydrogen-bond acceptors (Lipinski definition) is 6. The molecule has 0 aromatic heterocycles. The van der Waals surface area contributed by atoms with E-state index in [1.54, 1.807) is 19.1 Å². The number of sulfonamides is 1. The molecule has 0 spiro atoms. The summed E-state index contributed by atoms with van der Waals surface area (Å²) in [5.41, 5.74) is 2.01. The Balaban J connectivity index is 2.08. The number of ether oxygens (including phenoxy) is 2. The van der Waals surface area contributed by atoms with Gasteiger partial charge in [0.2, 0.25) is 11.8 Å². The van der Waals surface area contributed by atoms with E-state index in [0.717, 1.165) is 15.4 Å². The SMILES string of the molecule is COc1ccc(S(=O)(=O)N(CC(=O)N(Cc2ccccc2C)[C@H](C)C(=O)NC(C)C)c2ccc(Cl)cc2)cc1OC. The number of hydrogen-bond donors (Lipinski definition) is 1. The molecule has 0 bridgehead atoms. The molecule has 0 saturated carbocycles. The molecule has 9 nitrogen and oxygen atoms in total. The maximum atomic E-state index is 14.1. The first-order valence-corrected chi connectivity index (χ1v) is 14.9. The predicted molar refractivity (Wildman–Crippen MR) is 160 cm³/mol. The molecule has 0 heterocycles. The molecule has 0 unspecified atom stereocenters. The van der Waals surface area contributed by atoms with Crippen LogP contribution in [0.3, 0.4) is 0 Å². The van der Waals surface area contributed by atoms with Gasteiger partial charge in [-0.2, -0.15) is 0 Å². The van der Waals surface area contributed by atoms with E-state index in [4.69, 9.17) is 21.1 Å². The fourth-order valence-electron chi connectivity index (χ4n) is 4.20. The van der Waals surface area contributed by atoms with Gasteiger partial charge in [-0.3, -0.25) is 13.9 Å². The monoisotopic (exact) mass is 601 g/mol. The summed E-state index contributed by atoms with van der Waals surface area (Å²) in [6.45, 7) is 6.75. The van der Waals surface area contributed by atoms with E-state index >= 15 is 0 Å². The Morgan fingerprint density at radius 1 is 0.927 bits per heavy atom. The first-order chi connectivity index (χ1) is 19.4. The van der Waals surface area contributed by atoms with Crippen molar-refractivity contribution in [2.75, 3.05) is 25.1 Å². The Morgan fingerprint density at radius 2 is 1.56 bits per heavy atom. The van der Waals surface area contributed by atoms with Gasteiger partial charge in [0, 0.05) is 23.7 Å². The molecular formula is C30H36ClN3O6S. The Labute approximate surface area is 247 Å². The number of carbonyl (C=O) groups excluding carboxylic acids is 2. The summed E-state index contributed by atoms with van der Waals surface area (Å²) < 4.78 is 39.7. The molecule has 41 heavy (non-hydrogen) atoms. The highest BCUT2D eigenvalue weighted by atomic mass is 35.5. The zero-order valence-corrected chi connectivity index (χ0v) is 25.6. The molecule has 0 saturated heterocycles. The maximum Gasteiger partial charge on any atom is 0.264 e. The summed E-state index contributed by atoms with van der Waals surface area (Å²) in [7, 11) is -1.44. The van der Waals surface area contributed by atoms with Crippen LogP contribution in [0.25, 0.3) is 0 Å². The zero-order chi connectivity index (χ0) is 30.3. The van der Waals surface area contributed by atoms with Crippen LogP contribution in [0.5, 0.6) is 11.5 Å². The number of rotatable bonds is 12. The first-order valence-electron chi connectivity index (χ1n) is 13.0. The van der Waals surface area contributed by atoms with Crippen LogP contribution in [-0.4, -0.2) is 58.0 Å². The molecule has 1 N–H and O–H groups in total. The van der Waals surface area contributed by atoms with Gasteiger partial charge in [0.25, 0.3) is 10.0 Å². The number of halogens is 1. The van der Waals surface area contributed by atoms with Crippen LogP contribution < -0.4 is 19.1 Å². The van der Waals surface area contributed by atoms with Crippen LogP contribution in [0.4, 0.5) is 5.69 Å². The van der Waals surface area contributed by atoms with Crippen LogP contribution in [0, 0.1) is 6.92 Å². The molecule has 0 fully saturated rings. The van der Waals surface area contributed by atoms with Gasteiger partial charge in [-0.25, -0.2) is 8.42 Å².